The number of carboxylic acids is 1. The molecular formula is C14H18N2O3. The monoisotopic (exact) mass is 262 g/mol. The molecule has 0 radical (unpaired) electrons. The summed E-state index contributed by atoms with van der Waals surface area (Å²) in [5.74, 6) is -0.997. The Morgan fingerprint density at radius 3 is 2.74 bits per heavy atom. The SMILES string of the molecule is CCC1(C(=O)O)CCN(C(=O)c2cccc(C)n2)C1. The quantitative estimate of drug-likeness (QED) is 0.900. The number of carbonyl (C=O) groups excluding carboxylic acids is 1. The van der Waals surface area contributed by atoms with Gasteiger partial charge in [0.25, 0.3) is 5.91 Å². The lowest BCUT2D eigenvalue weighted by molar-refractivity contribution is -0.148. The summed E-state index contributed by atoms with van der Waals surface area (Å²) in [7, 11) is 0. The maximum atomic E-state index is 12.3. The minimum atomic E-state index is -0.817. The summed E-state index contributed by atoms with van der Waals surface area (Å²) in [4.78, 5) is 29.4. The number of carbonyl (C=O) groups is 2. The predicted molar refractivity (Wildman–Crippen MR) is 69.9 cm³/mol. The molecule has 1 N–H and O–H groups in total. The van der Waals surface area contributed by atoms with E-state index in [1.807, 2.05) is 19.9 Å². The smallest absolute Gasteiger partial charge is 0.311 e. The van der Waals surface area contributed by atoms with Crippen LogP contribution in [0.5, 0.6) is 0 Å². The Hall–Kier alpha value is -1.91. The van der Waals surface area contributed by atoms with Crippen LogP contribution in [0, 0.1) is 12.3 Å². The fourth-order valence-corrected chi connectivity index (χ4v) is 2.48. The molecule has 0 aromatic carbocycles. The van der Waals surface area contributed by atoms with Gasteiger partial charge in [-0.25, -0.2) is 4.98 Å². The Bertz CT molecular complexity index is 515. The van der Waals surface area contributed by atoms with Crippen LogP contribution in [0.15, 0.2) is 18.2 Å². The zero-order valence-corrected chi connectivity index (χ0v) is 11.2. The van der Waals surface area contributed by atoms with Gasteiger partial charge in [-0.15, -0.1) is 0 Å². The predicted octanol–water partition coefficient (Wildman–Crippen LogP) is 1.72. The molecule has 1 atom stereocenters. The summed E-state index contributed by atoms with van der Waals surface area (Å²) in [6.45, 7) is 4.43. The number of aryl methyl sites for hydroxylation is 1. The van der Waals surface area contributed by atoms with Crippen LogP contribution >= 0.6 is 0 Å². The maximum absolute atomic E-state index is 12.3. The summed E-state index contributed by atoms with van der Waals surface area (Å²) in [5.41, 5.74) is 0.377. The molecule has 1 aliphatic heterocycles. The molecule has 1 aromatic heterocycles. The number of pyridine rings is 1. The van der Waals surface area contributed by atoms with Gasteiger partial charge in [-0.1, -0.05) is 13.0 Å². The van der Waals surface area contributed by atoms with Crippen LogP contribution in [0.2, 0.25) is 0 Å². The van der Waals surface area contributed by atoms with E-state index in [9.17, 15) is 14.7 Å². The molecular weight excluding hydrogens is 244 g/mol. The minimum Gasteiger partial charge on any atom is -0.481 e. The largest absolute Gasteiger partial charge is 0.481 e. The number of nitrogens with zero attached hydrogens (tertiary/aromatic N) is 2. The van der Waals surface area contributed by atoms with Crippen LogP contribution in [-0.4, -0.2) is 40.0 Å². The Morgan fingerprint density at radius 1 is 1.47 bits per heavy atom. The van der Waals surface area contributed by atoms with E-state index in [0.29, 0.717) is 25.1 Å². The van der Waals surface area contributed by atoms with Gasteiger partial charge in [-0.05, 0) is 31.9 Å². The van der Waals surface area contributed by atoms with Crippen molar-refractivity contribution in [2.75, 3.05) is 13.1 Å². The summed E-state index contributed by atoms with van der Waals surface area (Å²) in [6.07, 6.45) is 1.05. The second-order valence-electron chi connectivity index (χ2n) is 5.08. The highest BCUT2D eigenvalue weighted by Gasteiger charge is 2.45. The normalized spacial score (nSPS) is 22.5. The number of aromatic nitrogens is 1. The highest BCUT2D eigenvalue weighted by atomic mass is 16.4. The molecule has 2 rings (SSSR count). The van der Waals surface area contributed by atoms with Crippen molar-refractivity contribution in [3.8, 4) is 0 Å². The standard InChI is InChI=1S/C14H18N2O3/c1-3-14(13(18)19)7-8-16(9-14)12(17)11-6-4-5-10(2)15-11/h4-6H,3,7-9H2,1-2H3,(H,18,19). The van der Waals surface area contributed by atoms with Crippen LogP contribution in [-0.2, 0) is 4.79 Å². The number of carboxylic acid groups (broad SMARTS) is 1. The zero-order chi connectivity index (χ0) is 14.0. The molecule has 0 aliphatic carbocycles. The number of amides is 1. The van der Waals surface area contributed by atoms with Gasteiger partial charge in [0.15, 0.2) is 0 Å². The van der Waals surface area contributed by atoms with Crippen LogP contribution in [0.1, 0.15) is 35.9 Å². The van der Waals surface area contributed by atoms with Gasteiger partial charge in [0.2, 0.25) is 0 Å². The molecule has 1 aliphatic rings. The number of hydrogen-bond donors (Lipinski definition) is 1. The molecule has 1 amide bonds. The van der Waals surface area contributed by atoms with Crippen molar-refractivity contribution in [2.24, 2.45) is 5.41 Å². The van der Waals surface area contributed by atoms with E-state index in [2.05, 4.69) is 4.98 Å². The van der Waals surface area contributed by atoms with Crippen molar-refractivity contribution in [1.29, 1.82) is 0 Å². The molecule has 102 valence electrons. The van der Waals surface area contributed by atoms with Gasteiger partial charge >= 0.3 is 5.97 Å². The van der Waals surface area contributed by atoms with Gasteiger partial charge in [0.05, 0.1) is 5.41 Å². The zero-order valence-electron chi connectivity index (χ0n) is 11.2. The van der Waals surface area contributed by atoms with Crippen molar-refractivity contribution >= 4 is 11.9 Å². The van der Waals surface area contributed by atoms with Crippen molar-refractivity contribution in [3.05, 3.63) is 29.6 Å². The third-order valence-corrected chi connectivity index (χ3v) is 3.88. The molecule has 0 spiro atoms. The van der Waals surface area contributed by atoms with Gasteiger partial charge < -0.3 is 10.0 Å². The third kappa shape index (κ3) is 2.45. The second-order valence-corrected chi connectivity index (χ2v) is 5.08. The third-order valence-electron chi connectivity index (χ3n) is 3.88. The second kappa shape index (κ2) is 4.99. The summed E-state index contributed by atoms with van der Waals surface area (Å²) < 4.78 is 0. The van der Waals surface area contributed by atoms with E-state index >= 15 is 0 Å². The van der Waals surface area contributed by atoms with E-state index < -0.39 is 11.4 Å². The average Bonchev–Trinajstić information content (AvgIpc) is 2.83. The highest BCUT2D eigenvalue weighted by Crippen LogP contribution is 2.34. The maximum Gasteiger partial charge on any atom is 0.311 e. The van der Waals surface area contributed by atoms with Crippen LogP contribution in [0.4, 0.5) is 0 Å². The Morgan fingerprint density at radius 2 is 2.21 bits per heavy atom. The Kier molecular flexibility index (Phi) is 3.55. The summed E-state index contributed by atoms with van der Waals surface area (Å²) in [6, 6.07) is 5.28. The lowest BCUT2D eigenvalue weighted by atomic mass is 9.84. The first-order valence-corrected chi connectivity index (χ1v) is 6.45. The first-order valence-electron chi connectivity index (χ1n) is 6.45. The number of likely N-dealkylation sites (tertiary alicyclic amines) is 1. The molecule has 5 nitrogen and oxygen atoms in total. The molecule has 0 saturated carbocycles. The molecule has 1 fully saturated rings. The van der Waals surface area contributed by atoms with Crippen LogP contribution in [0.25, 0.3) is 0 Å². The molecule has 1 unspecified atom stereocenters. The van der Waals surface area contributed by atoms with Gasteiger partial charge in [-0.3, -0.25) is 9.59 Å². The molecule has 1 aromatic rings. The van der Waals surface area contributed by atoms with Crippen molar-refractivity contribution < 1.29 is 14.7 Å². The van der Waals surface area contributed by atoms with Crippen LogP contribution < -0.4 is 0 Å². The first-order chi connectivity index (χ1) is 8.98. The van der Waals surface area contributed by atoms with Crippen molar-refractivity contribution in [1.82, 2.24) is 9.88 Å². The summed E-state index contributed by atoms with van der Waals surface area (Å²) in [5, 5.41) is 9.32. The van der Waals surface area contributed by atoms with Crippen LogP contribution in [0.3, 0.4) is 0 Å². The lowest BCUT2D eigenvalue weighted by Crippen LogP contribution is -2.36. The number of hydrogen-bond acceptors (Lipinski definition) is 3. The topological polar surface area (TPSA) is 70.5 Å². The van der Waals surface area contributed by atoms with E-state index in [4.69, 9.17) is 0 Å². The number of aliphatic carboxylic acids is 1. The Labute approximate surface area is 112 Å². The fraction of sp³-hybridized carbons (Fsp3) is 0.500. The molecule has 19 heavy (non-hydrogen) atoms. The van der Waals surface area contributed by atoms with Gasteiger partial charge in [0.1, 0.15) is 5.69 Å². The number of rotatable bonds is 3. The van der Waals surface area contributed by atoms with Crippen molar-refractivity contribution in [3.63, 3.8) is 0 Å². The minimum absolute atomic E-state index is 0.180. The summed E-state index contributed by atoms with van der Waals surface area (Å²) >= 11 is 0. The lowest BCUT2D eigenvalue weighted by Gasteiger charge is -2.22. The van der Waals surface area contributed by atoms with Gasteiger partial charge in [-0.2, -0.15) is 0 Å². The average molecular weight is 262 g/mol. The van der Waals surface area contributed by atoms with E-state index in [1.54, 1.807) is 17.0 Å². The van der Waals surface area contributed by atoms with E-state index in [0.717, 1.165) is 5.69 Å². The van der Waals surface area contributed by atoms with Gasteiger partial charge in [0, 0.05) is 18.8 Å². The fourth-order valence-electron chi connectivity index (χ4n) is 2.48. The molecule has 0 bridgehead atoms. The first kappa shape index (κ1) is 13.5. The van der Waals surface area contributed by atoms with E-state index in [1.165, 1.54) is 0 Å². The van der Waals surface area contributed by atoms with E-state index in [-0.39, 0.29) is 12.5 Å². The highest BCUT2D eigenvalue weighted by molar-refractivity contribution is 5.93. The Balaban J connectivity index is 2.17. The molecule has 5 heteroatoms. The van der Waals surface area contributed by atoms with Crippen molar-refractivity contribution in [2.45, 2.75) is 26.7 Å². The molecule has 1 saturated heterocycles. The molecule has 2 heterocycles.